The first-order valence-corrected chi connectivity index (χ1v) is 14.1. The van der Waals surface area contributed by atoms with E-state index in [9.17, 15) is 25.3 Å². The van der Waals surface area contributed by atoms with Gasteiger partial charge in [0, 0.05) is 17.1 Å². The molecule has 0 saturated heterocycles. The molecule has 0 aliphatic heterocycles. The predicted octanol–water partition coefficient (Wildman–Crippen LogP) is 2.66. The number of hydrogen-bond acceptors (Lipinski definition) is 7. The molecule has 0 atom stereocenters. The molecule has 11 heteroatoms. The average Bonchev–Trinajstić information content (AvgIpc) is 3.04. The summed E-state index contributed by atoms with van der Waals surface area (Å²) in [5, 5.41) is 0.0621. The normalized spacial score (nSPS) is 12.7. The lowest BCUT2D eigenvalue weighted by atomic mass is 10.1. The van der Waals surface area contributed by atoms with Gasteiger partial charge in [-0.3, -0.25) is 0 Å². The first-order chi connectivity index (χ1) is 14.3. The minimum atomic E-state index is -4.15. The SMILES string of the molecule is C=CCc1c(OS(C)(=O)=O)ccc2c1c(S(=O)(=O)c1ccc(C)cc1)cn2S(C)(=O)=O. The Labute approximate surface area is 181 Å². The van der Waals surface area contributed by atoms with Gasteiger partial charge in [0.25, 0.3) is 0 Å². The molecule has 1 aromatic heterocycles. The van der Waals surface area contributed by atoms with E-state index in [1.165, 1.54) is 30.3 Å². The molecular weight excluding hydrogens is 462 g/mol. The van der Waals surface area contributed by atoms with Gasteiger partial charge in [0.05, 0.1) is 27.8 Å². The number of sulfone groups is 1. The second-order valence-corrected chi connectivity index (χ2v) is 12.4. The van der Waals surface area contributed by atoms with Crippen molar-refractivity contribution in [2.75, 3.05) is 12.5 Å². The van der Waals surface area contributed by atoms with Crippen molar-refractivity contribution in [3.05, 3.63) is 66.4 Å². The van der Waals surface area contributed by atoms with Crippen LogP contribution in [-0.4, -0.2) is 41.7 Å². The number of fused-ring (bicyclic) bond motifs is 1. The summed E-state index contributed by atoms with van der Waals surface area (Å²) < 4.78 is 81.0. The zero-order valence-electron chi connectivity index (χ0n) is 17.1. The van der Waals surface area contributed by atoms with Crippen LogP contribution in [-0.2, 0) is 36.4 Å². The van der Waals surface area contributed by atoms with Crippen LogP contribution >= 0.6 is 0 Å². The Morgan fingerprint density at radius 1 is 0.968 bits per heavy atom. The maximum absolute atomic E-state index is 13.5. The van der Waals surface area contributed by atoms with Crippen LogP contribution < -0.4 is 4.18 Å². The van der Waals surface area contributed by atoms with Crippen molar-refractivity contribution in [3.8, 4) is 5.75 Å². The van der Waals surface area contributed by atoms with Crippen molar-refractivity contribution in [2.45, 2.75) is 23.1 Å². The molecule has 2 aromatic carbocycles. The third-order valence-corrected chi connectivity index (χ3v) is 7.81. The zero-order chi connectivity index (χ0) is 23.2. The van der Waals surface area contributed by atoms with E-state index < -0.39 is 30.0 Å². The summed E-state index contributed by atoms with van der Waals surface area (Å²) >= 11 is 0. The van der Waals surface area contributed by atoms with Crippen molar-refractivity contribution < 1.29 is 29.4 Å². The molecule has 166 valence electrons. The van der Waals surface area contributed by atoms with E-state index in [0.717, 1.165) is 28.2 Å². The van der Waals surface area contributed by atoms with Crippen LogP contribution in [0.2, 0.25) is 0 Å². The fraction of sp³-hybridized carbons (Fsp3) is 0.200. The van der Waals surface area contributed by atoms with Gasteiger partial charge in [-0.05, 0) is 37.6 Å². The first kappa shape index (κ1) is 23.0. The van der Waals surface area contributed by atoms with Gasteiger partial charge in [0.15, 0.2) is 0 Å². The van der Waals surface area contributed by atoms with Gasteiger partial charge in [-0.1, -0.05) is 23.8 Å². The van der Waals surface area contributed by atoms with Gasteiger partial charge < -0.3 is 4.18 Å². The Kier molecular flexibility index (Phi) is 5.80. The van der Waals surface area contributed by atoms with Crippen LogP contribution in [0.15, 0.2) is 65.0 Å². The molecule has 3 rings (SSSR count). The van der Waals surface area contributed by atoms with Gasteiger partial charge in [-0.2, -0.15) is 8.42 Å². The summed E-state index contributed by atoms with van der Waals surface area (Å²) in [5.41, 5.74) is 1.14. The molecule has 0 radical (unpaired) electrons. The number of aryl methyl sites for hydroxylation is 1. The largest absolute Gasteiger partial charge is 0.382 e. The van der Waals surface area contributed by atoms with Gasteiger partial charge in [0.2, 0.25) is 19.9 Å². The van der Waals surface area contributed by atoms with Gasteiger partial charge in [-0.15, -0.1) is 6.58 Å². The Balaban J connectivity index is 2.49. The second kappa shape index (κ2) is 7.81. The quantitative estimate of drug-likeness (QED) is 0.375. The minimum absolute atomic E-state index is 0.0235. The van der Waals surface area contributed by atoms with E-state index in [2.05, 4.69) is 6.58 Å². The maximum atomic E-state index is 13.5. The maximum Gasteiger partial charge on any atom is 0.306 e. The summed E-state index contributed by atoms with van der Waals surface area (Å²) in [6.07, 6.45) is 4.34. The highest BCUT2D eigenvalue weighted by atomic mass is 32.2. The van der Waals surface area contributed by atoms with Crippen molar-refractivity contribution >= 4 is 40.9 Å². The average molecular weight is 484 g/mol. The monoisotopic (exact) mass is 483 g/mol. The van der Waals surface area contributed by atoms with E-state index in [-0.39, 0.29) is 38.4 Å². The molecule has 0 aliphatic carbocycles. The van der Waals surface area contributed by atoms with Crippen LogP contribution in [0, 0.1) is 6.92 Å². The fourth-order valence-electron chi connectivity index (χ4n) is 3.23. The van der Waals surface area contributed by atoms with E-state index in [0.29, 0.717) is 0 Å². The number of benzene rings is 2. The number of nitrogens with zero attached hydrogens (tertiary/aromatic N) is 1. The molecule has 1 heterocycles. The summed E-state index contributed by atoms with van der Waals surface area (Å²) in [6.45, 7) is 5.44. The summed E-state index contributed by atoms with van der Waals surface area (Å²) in [6, 6.07) is 8.73. The van der Waals surface area contributed by atoms with Crippen LogP contribution in [0.4, 0.5) is 0 Å². The molecule has 0 N–H and O–H groups in total. The fourth-order valence-corrected chi connectivity index (χ4v) is 6.07. The van der Waals surface area contributed by atoms with E-state index >= 15 is 0 Å². The predicted molar refractivity (Wildman–Crippen MR) is 118 cm³/mol. The number of rotatable bonds is 7. The van der Waals surface area contributed by atoms with Crippen molar-refractivity contribution in [1.29, 1.82) is 0 Å². The lowest BCUT2D eigenvalue weighted by molar-refractivity contribution is 0.491. The molecule has 0 unspecified atom stereocenters. The van der Waals surface area contributed by atoms with Crippen LogP contribution in [0.3, 0.4) is 0 Å². The highest BCUT2D eigenvalue weighted by Crippen LogP contribution is 2.38. The smallest absolute Gasteiger partial charge is 0.306 e. The topological polar surface area (TPSA) is 117 Å². The summed E-state index contributed by atoms with van der Waals surface area (Å²) in [7, 11) is -11.9. The van der Waals surface area contributed by atoms with Crippen molar-refractivity contribution in [3.63, 3.8) is 0 Å². The highest BCUT2D eigenvalue weighted by Gasteiger charge is 2.29. The number of allylic oxidation sites excluding steroid dienone is 1. The number of hydrogen-bond donors (Lipinski definition) is 0. The zero-order valence-corrected chi connectivity index (χ0v) is 19.5. The minimum Gasteiger partial charge on any atom is -0.382 e. The van der Waals surface area contributed by atoms with Crippen LogP contribution in [0.1, 0.15) is 11.1 Å². The highest BCUT2D eigenvalue weighted by molar-refractivity contribution is 7.92. The molecule has 0 fully saturated rings. The third kappa shape index (κ3) is 4.53. The molecular formula is C20H21NO7S3. The Bertz CT molecular complexity index is 1500. The first-order valence-electron chi connectivity index (χ1n) is 8.95. The molecule has 31 heavy (non-hydrogen) atoms. The molecule has 0 aliphatic rings. The standard InChI is InChI=1S/C20H21NO7S3/c1-5-6-16-18(28-30(4,24)25)12-11-17-20(16)19(13-21(17)29(3,22)23)31(26,27)15-9-7-14(2)8-10-15/h5,7-13H,1,6H2,2-4H3. The second-order valence-electron chi connectivity index (χ2n) is 7.09. The number of aromatic nitrogens is 1. The van der Waals surface area contributed by atoms with E-state index in [1.54, 1.807) is 12.1 Å². The Hall–Kier alpha value is -2.63. The Morgan fingerprint density at radius 2 is 1.58 bits per heavy atom. The molecule has 0 saturated carbocycles. The van der Waals surface area contributed by atoms with Crippen molar-refractivity contribution in [1.82, 2.24) is 3.97 Å². The molecule has 3 aromatic rings. The van der Waals surface area contributed by atoms with E-state index in [4.69, 9.17) is 4.18 Å². The summed E-state index contributed by atoms with van der Waals surface area (Å²) in [5.74, 6) is -0.0958. The molecule has 0 spiro atoms. The van der Waals surface area contributed by atoms with Gasteiger partial charge in [-0.25, -0.2) is 20.8 Å². The summed E-state index contributed by atoms with van der Waals surface area (Å²) in [4.78, 5) is -0.294. The van der Waals surface area contributed by atoms with Gasteiger partial charge >= 0.3 is 10.1 Å². The van der Waals surface area contributed by atoms with Crippen molar-refractivity contribution in [2.24, 2.45) is 0 Å². The Morgan fingerprint density at radius 3 is 2.10 bits per heavy atom. The molecule has 8 nitrogen and oxygen atoms in total. The van der Waals surface area contributed by atoms with Crippen LogP contribution in [0.5, 0.6) is 5.75 Å². The third-order valence-electron chi connectivity index (χ3n) is 4.53. The lowest BCUT2D eigenvalue weighted by Crippen LogP contribution is -2.09. The molecule has 0 amide bonds. The van der Waals surface area contributed by atoms with Crippen LogP contribution in [0.25, 0.3) is 10.9 Å². The lowest BCUT2D eigenvalue weighted by Gasteiger charge is -2.12. The van der Waals surface area contributed by atoms with Gasteiger partial charge in [0.1, 0.15) is 5.75 Å². The molecule has 0 bridgehead atoms. The van der Waals surface area contributed by atoms with E-state index in [1.807, 2.05) is 6.92 Å².